The second kappa shape index (κ2) is 6.02. The fourth-order valence-electron chi connectivity index (χ4n) is 4.53. The monoisotopic (exact) mass is 371 g/mol. The molecule has 2 atom stereocenters. The first-order chi connectivity index (χ1) is 13.0. The zero-order valence-corrected chi connectivity index (χ0v) is 14.6. The summed E-state index contributed by atoms with van der Waals surface area (Å²) in [5, 5.41) is 0. The fourth-order valence-corrected chi connectivity index (χ4v) is 4.53. The minimum atomic E-state index is -0.853. The van der Waals surface area contributed by atoms with Crippen molar-refractivity contribution >= 4 is 5.91 Å². The lowest BCUT2D eigenvalue weighted by Crippen LogP contribution is -2.55. The highest BCUT2D eigenvalue weighted by atomic mass is 19.1. The number of hydrogen-bond donors (Lipinski definition) is 0. The van der Waals surface area contributed by atoms with E-state index in [2.05, 4.69) is 0 Å². The summed E-state index contributed by atoms with van der Waals surface area (Å²) in [5.74, 6) is -0.574. The molecule has 2 aliphatic heterocycles. The second-order valence-corrected chi connectivity index (χ2v) is 7.54. The first-order valence-corrected chi connectivity index (χ1v) is 9.22. The Kier molecular flexibility index (Phi) is 3.72. The average Bonchev–Trinajstić information content (AvgIpc) is 3.13. The molecule has 0 aromatic heterocycles. The molecule has 3 aliphatic rings. The normalized spacial score (nSPS) is 31.9. The molecule has 6 heteroatoms. The molecule has 1 spiro atoms. The summed E-state index contributed by atoms with van der Waals surface area (Å²) in [6, 6.07) is 12.6. The van der Waals surface area contributed by atoms with E-state index in [0.717, 1.165) is 11.8 Å². The van der Waals surface area contributed by atoms with Crippen molar-refractivity contribution in [1.82, 2.24) is 4.90 Å². The molecule has 1 saturated carbocycles. The van der Waals surface area contributed by atoms with Gasteiger partial charge in [0.05, 0.1) is 6.04 Å². The fraction of sp³-hybridized carbons (Fsp3) is 0.381. The van der Waals surface area contributed by atoms with Crippen LogP contribution in [0.4, 0.5) is 8.78 Å². The van der Waals surface area contributed by atoms with Gasteiger partial charge in [-0.05, 0) is 42.7 Å². The van der Waals surface area contributed by atoms with Crippen molar-refractivity contribution in [2.45, 2.75) is 49.7 Å². The maximum Gasteiger partial charge on any atom is 0.257 e. The molecule has 27 heavy (non-hydrogen) atoms. The largest absolute Gasteiger partial charge is 0.490 e. The number of amides is 1. The number of hydrogen-bond acceptors (Lipinski definition) is 3. The molecule has 140 valence electrons. The number of carbonyl (C=O) groups is 1. The number of para-hydroxylation sites is 1. The second-order valence-electron chi connectivity index (χ2n) is 7.54. The molecule has 5 rings (SSSR count). The Bertz CT molecular complexity index is 862. The van der Waals surface area contributed by atoms with Gasteiger partial charge in [-0.2, -0.15) is 0 Å². The number of ether oxygens (including phenoxy) is 2. The summed E-state index contributed by atoms with van der Waals surface area (Å²) in [6.07, 6.45) is 1.91. The minimum Gasteiger partial charge on any atom is -0.490 e. The zero-order chi connectivity index (χ0) is 18.6. The van der Waals surface area contributed by atoms with Crippen molar-refractivity contribution in [3.8, 4) is 5.75 Å². The van der Waals surface area contributed by atoms with Crippen LogP contribution in [0.25, 0.3) is 0 Å². The molecule has 3 fully saturated rings. The standard InChI is InChI=1S/C21H19F2NO3/c22-14-8-13(9-15(23)10-14)18-6-7-19-24(18)20(25)21(27-19)11-17(12-21)26-16-4-2-1-3-5-16/h1-5,8-10,17-19H,6-7,11-12H2/t17?,18-,19+,21?/m0/s1. The van der Waals surface area contributed by atoms with Crippen LogP contribution in [0.5, 0.6) is 5.75 Å². The van der Waals surface area contributed by atoms with Gasteiger partial charge < -0.3 is 14.4 Å². The first-order valence-electron chi connectivity index (χ1n) is 9.22. The van der Waals surface area contributed by atoms with Crippen LogP contribution >= 0.6 is 0 Å². The predicted molar refractivity (Wildman–Crippen MR) is 92.9 cm³/mol. The van der Waals surface area contributed by atoms with Crippen LogP contribution in [-0.2, 0) is 9.53 Å². The van der Waals surface area contributed by atoms with Gasteiger partial charge >= 0.3 is 0 Å². The van der Waals surface area contributed by atoms with Crippen LogP contribution < -0.4 is 4.74 Å². The summed E-state index contributed by atoms with van der Waals surface area (Å²) in [7, 11) is 0. The molecule has 2 aromatic rings. The van der Waals surface area contributed by atoms with Gasteiger partial charge in [0.1, 0.15) is 29.7 Å². The van der Waals surface area contributed by atoms with E-state index in [4.69, 9.17) is 9.47 Å². The quantitative estimate of drug-likeness (QED) is 0.820. The van der Waals surface area contributed by atoms with E-state index in [9.17, 15) is 13.6 Å². The molecule has 1 aliphatic carbocycles. The molecule has 0 bridgehead atoms. The van der Waals surface area contributed by atoms with Crippen molar-refractivity contribution in [3.63, 3.8) is 0 Å². The van der Waals surface area contributed by atoms with Crippen molar-refractivity contribution in [2.24, 2.45) is 0 Å². The highest BCUT2D eigenvalue weighted by Gasteiger charge is 2.63. The number of fused-ring (bicyclic) bond motifs is 1. The SMILES string of the molecule is O=C1N2[C@@H](CC[C@H]2c2cc(F)cc(F)c2)OC12CC(Oc1ccccc1)C2. The molecule has 0 N–H and O–H groups in total. The highest BCUT2D eigenvalue weighted by molar-refractivity contribution is 5.89. The third-order valence-corrected chi connectivity index (χ3v) is 5.75. The third-order valence-electron chi connectivity index (χ3n) is 5.75. The highest BCUT2D eigenvalue weighted by Crippen LogP contribution is 2.52. The Labute approximate surface area is 155 Å². The van der Waals surface area contributed by atoms with E-state index in [0.29, 0.717) is 31.2 Å². The Morgan fingerprint density at radius 1 is 1.04 bits per heavy atom. The summed E-state index contributed by atoms with van der Waals surface area (Å²) in [4.78, 5) is 14.8. The predicted octanol–water partition coefficient (Wildman–Crippen LogP) is 3.96. The van der Waals surface area contributed by atoms with E-state index in [1.807, 2.05) is 30.3 Å². The van der Waals surface area contributed by atoms with Gasteiger partial charge in [0.25, 0.3) is 5.91 Å². The number of benzene rings is 2. The lowest BCUT2D eigenvalue weighted by molar-refractivity contribution is -0.162. The van der Waals surface area contributed by atoms with Crippen LogP contribution in [0.2, 0.25) is 0 Å². The maximum absolute atomic E-state index is 13.6. The van der Waals surface area contributed by atoms with Crippen LogP contribution in [0.3, 0.4) is 0 Å². The Morgan fingerprint density at radius 3 is 2.44 bits per heavy atom. The topological polar surface area (TPSA) is 38.8 Å². The van der Waals surface area contributed by atoms with Gasteiger partial charge in [-0.3, -0.25) is 4.79 Å². The lowest BCUT2D eigenvalue weighted by Gasteiger charge is -2.42. The van der Waals surface area contributed by atoms with Crippen LogP contribution in [0, 0.1) is 11.6 Å². The molecule has 2 aromatic carbocycles. The van der Waals surface area contributed by atoms with Gasteiger partial charge in [-0.1, -0.05) is 18.2 Å². The van der Waals surface area contributed by atoms with Crippen molar-refractivity contribution in [1.29, 1.82) is 0 Å². The molecule has 4 nitrogen and oxygen atoms in total. The number of halogens is 2. The van der Waals surface area contributed by atoms with E-state index in [1.165, 1.54) is 12.1 Å². The van der Waals surface area contributed by atoms with Crippen molar-refractivity contribution < 1.29 is 23.0 Å². The summed E-state index contributed by atoms with van der Waals surface area (Å²) < 4.78 is 39.2. The number of rotatable bonds is 3. The maximum atomic E-state index is 13.6. The first kappa shape index (κ1) is 16.7. The Hall–Kier alpha value is -2.47. The van der Waals surface area contributed by atoms with Crippen LogP contribution in [0.1, 0.15) is 37.3 Å². The number of nitrogens with zero attached hydrogens (tertiary/aromatic N) is 1. The average molecular weight is 371 g/mol. The minimum absolute atomic E-state index is 0.0681. The van der Waals surface area contributed by atoms with E-state index in [1.54, 1.807) is 4.90 Å². The Morgan fingerprint density at radius 2 is 1.74 bits per heavy atom. The third kappa shape index (κ3) is 2.70. The molecule has 1 amide bonds. The smallest absolute Gasteiger partial charge is 0.257 e. The van der Waals surface area contributed by atoms with Gasteiger partial charge in [-0.25, -0.2) is 8.78 Å². The van der Waals surface area contributed by atoms with Crippen LogP contribution in [0.15, 0.2) is 48.5 Å². The Balaban J connectivity index is 1.32. The molecule has 0 unspecified atom stereocenters. The zero-order valence-electron chi connectivity index (χ0n) is 14.6. The van der Waals surface area contributed by atoms with Gasteiger partial charge in [0, 0.05) is 18.9 Å². The molecule has 2 heterocycles. The van der Waals surface area contributed by atoms with E-state index >= 15 is 0 Å². The summed E-state index contributed by atoms with van der Waals surface area (Å²) >= 11 is 0. The van der Waals surface area contributed by atoms with E-state index < -0.39 is 17.2 Å². The number of carbonyl (C=O) groups excluding carboxylic acids is 1. The van der Waals surface area contributed by atoms with Crippen molar-refractivity contribution in [2.75, 3.05) is 0 Å². The molecular weight excluding hydrogens is 352 g/mol. The van der Waals surface area contributed by atoms with Gasteiger partial charge in [-0.15, -0.1) is 0 Å². The summed E-state index contributed by atoms with van der Waals surface area (Å²) in [6.45, 7) is 0. The van der Waals surface area contributed by atoms with Crippen LogP contribution in [-0.4, -0.2) is 28.7 Å². The molecule has 0 radical (unpaired) electrons. The molecule has 2 saturated heterocycles. The summed E-state index contributed by atoms with van der Waals surface area (Å²) in [5.41, 5.74) is -0.366. The van der Waals surface area contributed by atoms with Crippen molar-refractivity contribution in [3.05, 3.63) is 65.7 Å². The van der Waals surface area contributed by atoms with Gasteiger partial charge in [0.15, 0.2) is 5.60 Å². The van der Waals surface area contributed by atoms with Gasteiger partial charge in [0.2, 0.25) is 0 Å². The van der Waals surface area contributed by atoms with E-state index in [-0.39, 0.29) is 24.3 Å². The lowest BCUT2D eigenvalue weighted by atomic mass is 9.76. The molecular formula is C21H19F2NO3.